The molecule has 0 aliphatic rings. The van der Waals surface area contributed by atoms with Crippen LogP contribution in [0.3, 0.4) is 0 Å². The fraction of sp³-hybridized carbons (Fsp3) is 0.667. The zero-order chi connectivity index (χ0) is 12.8. The van der Waals surface area contributed by atoms with Crippen molar-refractivity contribution in [2.45, 2.75) is 46.2 Å². The third kappa shape index (κ3) is 3.56. The minimum atomic E-state index is -0.0867. The Balaban J connectivity index is 2.74. The molecule has 0 bridgehead atoms. The first kappa shape index (κ1) is 13.7. The molecule has 3 N–H and O–H groups in total. The lowest BCUT2D eigenvalue weighted by Gasteiger charge is -2.16. The number of aromatic nitrogens is 2. The van der Waals surface area contributed by atoms with Gasteiger partial charge in [0.2, 0.25) is 0 Å². The molecule has 96 valence electrons. The second kappa shape index (κ2) is 6.39. The molecule has 5 heteroatoms. The average Bonchev–Trinajstić information content (AvgIpc) is 2.69. The quantitative estimate of drug-likeness (QED) is 0.778. The molecule has 1 aromatic heterocycles. The summed E-state index contributed by atoms with van der Waals surface area (Å²) in [5, 5.41) is 7.20. The third-order valence-electron chi connectivity index (χ3n) is 2.69. The van der Waals surface area contributed by atoms with Crippen molar-refractivity contribution in [2.24, 2.45) is 5.73 Å². The predicted molar refractivity (Wildman–Crippen MR) is 67.9 cm³/mol. The van der Waals surface area contributed by atoms with Crippen LogP contribution in [0.1, 0.15) is 42.9 Å². The Labute approximate surface area is 102 Å². The normalized spacial score (nSPS) is 12.5. The van der Waals surface area contributed by atoms with Crippen LogP contribution < -0.4 is 11.1 Å². The first-order chi connectivity index (χ1) is 8.12. The fourth-order valence-corrected chi connectivity index (χ4v) is 1.83. The first-order valence-corrected chi connectivity index (χ1v) is 6.17. The van der Waals surface area contributed by atoms with Gasteiger partial charge in [0, 0.05) is 19.1 Å². The van der Waals surface area contributed by atoms with Crippen molar-refractivity contribution in [3.05, 3.63) is 17.5 Å². The summed E-state index contributed by atoms with van der Waals surface area (Å²) in [4.78, 5) is 12.1. The lowest BCUT2D eigenvalue weighted by molar-refractivity contribution is 0.0925. The van der Waals surface area contributed by atoms with Gasteiger partial charge in [-0.3, -0.25) is 9.48 Å². The Morgan fingerprint density at radius 3 is 2.82 bits per heavy atom. The number of amides is 1. The van der Waals surface area contributed by atoms with Gasteiger partial charge < -0.3 is 11.1 Å². The van der Waals surface area contributed by atoms with Gasteiger partial charge in [0.25, 0.3) is 5.91 Å². The minimum absolute atomic E-state index is 0.0491. The van der Waals surface area contributed by atoms with Crippen molar-refractivity contribution >= 4 is 5.91 Å². The van der Waals surface area contributed by atoms with E-state index < -0.39 is 0 Å². The Morgan fingerprint density at radius 2 is 2.29 bits per heavy atom. The van der Waals surface area contributed by atoms with Crippen LogP contribution in [0, 0.1) is 6.92 Å². The van der Waals surface area contributed by atoms with Gasteiger partial charge in [-0.15, -0.1) is 0 Å². The summed E-state index contributed by atoms with van der Waals surface area (Å²) < 4.78 is 1.71. The van der Waals surface area contributed by atoms with Crippen LogP contribution in [-0.4, -0.2) is 28.3 Å². The zero-order valence-corrected chi connectivity index (χ0v) is 10.9. The second-order valence-electron chi connectivity index (χ2n) is 4.18. The number of rotatable bonds is 6. The molecule has 1 rings (SSSR count). The maximum Gasteiger partial charge on any atom is 0.269 e. The Bertz CT molecular complexity index is 373. The van der Waals surface area contributed by atoms with Crippen molar-refractivity contribution in [1.29, 1.82) is 0 Å². The largest absolute Gasteiger partial charge is 0.347 e. The molecule has 0 saturated heterocycles. The average molecular weight is 238 g/mol. The van der Waals surface area contributed by atoms with Gasteiger partial charge in [0.1, 0.15) is 5.69 Å². The lowest BCUT2D eigenvalue weighted by atomic mass is 10.1. The molecule has 0 radical (unpaired) electrons. The Hall–Kier alpha value is -1.36. The summed E-state index contributed by atoms with van der Waals surface area (Å²) in [6.07, 6.45) is 1.91. The number of aryl methyl sites for hydroxylation is 2. The molecule has 1 heterocycles. The molecule has 0 aromatic carbocycles. The van der Waals surface area contributed by atoms with E-state index in [4.69, 9.17) is 5.73 Å². The lowest BCUT2D eigenvalue weighted by Crippen LogP contribution is -2.40. The van der Waals surface area contributed by atoms with Gasteiger partial charge in [-0.25, -0.2) is 0 Å². The number of nitrogens with zero attached hydrogens (tertiary/aromatic N) is 2. The predicted octanol–water partition coefficient (Wildman–Crippen LogP) is 1.07. The SMILES string of the molecule is CCCC(CN)NC(=O)c1cc(C)nn1CC. The maximum atomic E-state index is 12.1. The van der Waals surface area contributed by atoms with E-state index in [1.807, 2.05) is 13.8 Å². The highest BCUT2D eigenvalue weighted by Crippen LogP contribution is 2.05. The van der Waals surface area contributed by atoms with Crippen LogP contribution in [0.2, 0.25) is 0 Å². The molecule has 5 nitrogen and oxygen atoms in total. The number of carbonyl (C=O) groups excluding carboxylic acids is 1. The highest BCUT2D eigenvalue weighted by atomic mass is 16.2. The molecular weight excluding hydrogens is 216 g/mol. The summed E-state index contributed by atoms with van der Waals surface area (Å²) in [7, 11) is 0. The Morgan fingerprint density at radius 1 is 1.59 bits per heavy atom. The first-order valence-electron chi connectivity index (χ1n) is 6.17. The van der Waals surface area contributed by atoms with Crippen molar-refractivity contribution in [1.82, 2.24) is 15.1 Å². The van der Waals surface area contributed by atoms with E-state index in [9.17, 15) is 4.79 Å². The van der Waals surface area contributed by atoms with Crippen LogP contribution in [0.15, 0.2) is 6.07 Å². The van der Waals surface area contributed by atoms with Gasteiger partial charge in [-0.05, 0) is 26.3 Å². The summed E-state index contributed by atoms with van der Waals surface area (Å²) in [6, 6.07) is 1.85. The molecule has 0 saturated carbocycles. The minimum Gasteiger partial charge on any atom is -0.347 e. The standard InChI is InChI=1S/C12H22N4O/c1-4-6-10(8-13)14-12(17)11-7-9(3)15-16(11)5-2/h7,10H,4-6,8,13H2,1-3H3,(H,14,17). The van der Waals surface area contributed by atoms with Crippen molar-refractivity contribution in [3.8, 4) is 0 Å². The van der Waals surface area contributed by atoms with Crippen LogP contribution >= 0.6 is 0 Å². The van der Waals surface area contributed by atoms with Crippen molar-refractivity contribution in [3.63, 3.8) is 0 Å². The number of hydrogen-bond donors (Lipinski definition) is 2. The van der Waals surface area contributed by atoms with Crippen LogP contribution in [-0.2, 0) is 6.54 Å². The monoisotopic (exact) mass is 238 g/mol. The summed E-state index contributed by atoms with van der Waals surface area (Å²) in [6.45, 7) is 7.09. The molecule has 17 heavy (non-hydrogen) atoms. The molecule has 1 amide bonds. The van der Waals surface area contributed by atoms with Crippen molar-refractivity contribution < 1.29 is 4.79 Å². The third-order valence-corrected chi connectivity index (χ3v) is 2.69. The van der Waals surface area contributed by atoms with Gasteiger partial charge in [0.05, 0.1) is 5.69 Å². The van der Waals surface area contributed by atoms with E-state index in [2.05, 4.69) is 17.3 Å². The summed E-state index contributed by atoms with van der Waals surface area (Å²) in [5.41, 5.74) is 7.09. The molecule has 0 aliphatic heterocycles. The fourth-order valence-electron chi connectivity index (χ4n) is 1.83. The van der Waals surface area contributed by atoms with Gasteiger partial charge in [-0.1, -0.05) is 13.3 Å². The maximum absolute atomic E-state index is 12.1. The highest BCUT2D eigenvalue weighted by Gasteiger charge is 2.16. The van der Waals surface area contributed by atoms with Crippen LogP contribution in [0.25, 0.3) is 0 Å². The van der Waals surface area contributed by atoms with E-state index >= 15 is 0 Å². The summed E-state index contributed by atoms with van der Waals surface area (Å²) in [5.74, 6) is -0.0867. The number of carbonyl (C=O) groups is 1. The molecule has 1 atom stereocenters. The molecule has 0 fully saturated rings. The van der Waals surface area contributed by atoms with Gasteiger partial charge in [0.15, 0.2) is 0 Å². The van der Waals surface area contributed by atoms with Crippen LogP contribution in [0.5, 0.6) is 0 Å². The second-order valence-corrected chi connectivity index (χ2v) is 4.18. The molecular formula is C12H22N4O. The van der Waals surface area contributed by atoms with E-state index in [-0.39, 0.29) is 11.9 Å². The van der Waals surface area contributed by atoms with Gasteiger partial charge in [-0.2, -0.15) is 5.10 Å². The van der Waals surface area contributed by atoms with E-state index in [0.29, 0.717) is 18.8 Å². The van der Waals surface area contributed by atoms with E-state index in [1.54, 1.807) is 10.7 Å². The highest BCUT2D eigenvalue weighted by molar-refractivity contribution is 5.92. The number of nitrogens with one attached hydrogen (secondary N) is 1. The van der Waals surface area contributed by atoms with Crippen LogP contribution in [0.4, 0.5) is 0 Å². The van der Waals surface area contributed by atoms with E-state index in [1.165, 1.54) is 0 Å². The van der Waals surface area contributed by atoms with E-state index in [0.717, 1.165) is 18.5 Å². The Kier molecular flexibility index (Phi) is 5.15. The number of nitrogens with two attached hydrogens (primary N) is 1. The smallest absolute Gasteiger partial charge is 0.269 e. The van der Waals surface area contributed by atoms with Crippen molar-refractivity contribution in [2.75, 3.05) is 6.54 Å². The molecule has 0 aliphatic carbocycles. The molecule has 0 spiro atoms. The summed E-state index contributed by atoms with van der Waals surface area (Å²) >= 11 is 0. The topological polar surface area (TPSA) is 72.9 Å². The number of hydrogen-bond acceptors (Lipinski definition) is 3. The zero-order valence-electron chi connectivity index (χ0n) is 10.9. The molecule has 1 aromatic rings. The van der Waals surface area contributed by atoms with Gasteiger partial charge >= 0.3 is 0 Å². The molecule has 1 unspecified atom stereocenters.